The number of hydrogen-bond donors (Lipinski definition) is 2. The first-order valence-electron chi connectivity index (χ1n) is 10.9. The second kappa shape index (κ2) is 13.0. The van der Waals surface area contributed by atoms with Crippen molar-refractivity contribution in [1.82, 2.24) is 5.32 Å². The van der Waals surface area contributed by atoms with E-state index < -0.39 is 0 Å². The fourth-order valence-corrected chi connectivity index (χ4v) is 3.56. The van der Waals surface area contributed by atoms with Gasteiger partial charge in [-0.05, 0) is 76.5 Å². The van der Waals surface area contributed by atoms with Crippen molar-refractivity contribution >= 4 is 44.9 Å². The zero-order valence-electron chi connectivity index (χ0n) is 19.0. The number of rotatable bonds is 10. The van der Waals surface area contributed by atoms with Crippen LogP contribution in [0, 0.1) is 5.92 Å². The van der Waals surface area contributed by atoms with E-state index in [9.17, 15) is 4.79 Å². The first kappa shape index (κ1) is 25.5. The minimum atomic E-state index is -0.320. The molecule has 0 atom stereocenters. The highest BCUT2D eigenvalue weighted by Gasteiger charge is 2.12. The number of ether oxygens (including phenoxy) is 3. The zero-order valence-corrected chi connectivity index (χ0v) is 21.4. The van der Waals surface area contributed by atoms with Crippen molar-refractivity contribution in [2.75, 3.05) is 25.1 Å². The van der Waals surface area contributed by atoms with Crippen molar-refractivity contribution in [1.29, 1.82) is 0 Å². The predicted octanol–water partition coefficient (Wildman–Crippen LogP) is 6.07. The summed E-state index contributed by atoms with van der Waals surface area (Å²) >= 11 is 8.76. The Balaban J connectivity index is 1.47. The quantitative estimate of drug-likeness (QED) is 0.239. The average molecular weight is 543 g/mol. The number of carbonyl (C=O) groups is 1. The summed E-state index contributed by atoms with van der Waals surface area (Å²) in [6, 6.07) is 22.1. The maximum atomic E-state index is 12.6. The molecule has 0 unspecified atom stereocenters. The monoisotopic (exact) mass is 542 g/mol. The van der Waals surface area contributed by atoms with Gasteiger partial charge in [-0.1, -0.05) is 38.1 Å². The van der Waals surface area contributed by atoms with E-state index >= 15 is 0 Å². The van der Waals surface area contributed by atoms with Crippen molar-refractivity contribution in [3.63, 3.8) is 0 Å². The fraction of sp³-hybridized carbons (Fsp3) is 0.231. The molecule has 0 bridgehead atoms. The van der Waals surface area contributed by atoms with Crippen LogP contribution in [0.1, 0.15) is 24.2 Å². The van der Waals surface area contributed by atoms with Gasteiger partial charge in [0.25, 0.3) is 5.91 Å². The number of halogens is 1. The molecule has 0 saturated carbocycles. The lowest BCUT2D eigenvalue weighted by molar-refractivity contribution is 0.0977. The van der Waals surface area contributed by atoms with Crippen LogP contribution in [-0.4, -0.2) is 30.8 Å². The van der Waals surface area contributed by atoms with Crippen molar-refractivity contribution in [2.24, 2.45) is 5.92 Å². The Morgan fingerprint density at radius 1 is 0.912 bits per heavy atom. The molecule has 0 fully saturated rings. The topological polar surface area (TPSA) is 68.8 Å². The number of thiocarbonyl (C=S) groups is 1. The molecule has 8 heteroatoms. The Morgan fingerprint density at radius 3 is 2.32 bits per heavy atom. The summed E-state index contributed by atoms with van der Waals surface area (Å²) in [5, 5.41) is 5.89. The van der Waals surface area contributed by atoms with E-state index in [2.05, 4.69) is 40.4 Å². The van der Waals surface area contributed by atoms with Gasteiger partial charge in [-0.2, -0.15) is 0 Å². The number of hydrogen-bond acceptors (Lipinski definition) is 5. The summed E-state index contributed by atoms with van der Waals surface area (Å²) < 4.78 is 17.8. The molecule has 0 heterocycles. The highest BCUT2D eigenvalue weighted by Crippen LogP contribution is 2.26. The smallest absolute Gasteiger partial charge is 0.257 e. The molecule has 0 aliphatic rings. The van der Waals surface area contributed by atoms with E-state index in [-0.39, 0.29) is 11.0 Å². The molecule has 0 aliphatic heterocycles. The van der Waals surface area contributed by atoms with E-state index in [1.165, 1.54) is 0 Å². The van der Waals surface area contributed by atoms with E-state index in [4.69, 9.17) is 26.4 Å². The summed E-state index contributed by atoms with van der Waals surface area (Å²) in [6.07, 6.45) is 0. The molecule has 3 aromatic rings. The van der Waals surface area contributed by atoms with Gasteiger partial charge in [-0.3, -0.25) is 10.1 Å². The Hall–Kier alpha value is -3.10. The molecule has 3 aromatic carbocycles. The van der Waals surface area contributed by atoms with Crippen molar-refractivity contribution in [2.45, 2.75) is 13.8 Å². The van der Waals surface area contributed by atoms with Crippen LogP contribution in [0.4, 0.5) is 5.69 Å². The van der Waals surface area contributed by atoms with Gasteiger partial charge >= 0.3 is 0 Å². The molecule has 0 saturated heterocycles. The lowest BCUT2D eigenvalue weighted by Gasteiger charge is -2.13. The molecular formula is C26H27BrN2O4S. The Kier molecular flexibility index (Phi) is 9.73. The van der Waals surface area contributed by atoms with Crippen LogP contribution in [0.25, 0.3) is 0 Å². The first-order chi connectivity index (χ1) is 16.4. The molecular weight excluding hydrogens is 516 g/mol. The zero-order chi connectivity index (χ0) is 24.3. The van der Waals surface area contributed by atoms with Gasteiger partial charge in [-0.25, -0.2) is 0 Å². The van der Waals surface area contributed by atoms with Crippen LogP contribution in [0.3, 0.4) is 0 Å². The third-order valence-corrected chi connectivity index (χ3v) is 5.27. The van der Waals surface area contributed by atoms with Crippen LogP contribution in [0.2, 0.25) is 0 Å². The predicted molar refractivity (Wildman–Crippen MR) is 142 cm³/mol. The van der Waals surface area contributed by atoms with Gasteiger partial charge in [0.05, 0.1) is 11.1 Å². The van der Waals surface area contributed by atoms with Crippen molar-refractivity contribution < 1.29 is 19.0 Å². The molecule has 34 heavy (non-hydrogen) atoms. The number of amides is 1. The second-order valence-corrected chi connectivity index (χ2v) is 9.06. The standard InChI is InChI=1S/C26H27BrN2O4S/c1-18(2)17-33-24-12-11-19(15-23(24)27)25(30)29-26(34)28-20-7-6-10-22(16-20)32-14-13-31-21-8-4-3-5-9-21/h3-12,15-16,18H,13-14,17H2,1-2H3,(H2,28,29,30,34). The number of nitrogens with one attached hydrogen (secondary N) is 2. The van der Waals surface area contributed by atoms with Gasteiger partial charge < -0.3 is 19.5 Å². The van der Waals surface area contributed by atoms with Crippen LogP contribution >= 0.6 is 28.1 Å². The third-order valence-electron chi connectivity index (χ3n) is 4.45. The molecule has 1 amide bonds. The molecule has 2 N–H and O–H groups in total. The van der Waals surface area contributed by atoms with Crippen molar-refractivity contribution in [3.8, 4) is 17.2 Å². The Bertz CT molecular complexity index is 1110. The lowest BCUT2D eigenvalue weighted by Crippen LogP contribution is -2.34. The highest BCUT2D eigenvalue weighted by atomic mass is 79.9. The molecule has 0 aliphatic carbocycles. The molecule has 0 aromatic heterocycles. The number of benzene rings is 3. The van der Waals surface area contributed by atoms with Crippen LogP contribution in [0.5, 0.6) is 17.2 Å². The number of para-hydroxylation sites is 1. The fourth-order valence-electron chi connectivity index (χ4n) is 2.85. The minimum absolute atomic E-state index is 0.186. The Morgan fingerprint density at radius 2 is 1.62 bits per heavy atom. The van der Waals surface area contributed by atoms with E-state index in [1.807, 2.05) is 48.5 Å². The van der Waals surface area contributed by atoms with Gasteiger partial charge in [0.15, 0.2) is 5.11 Å². The number of anilines is 1. The summed E-state index contributed by atoms with van der Waals surface area (Å²) in [5.74, 6) is 2.24. The van der Waals surface area contributed by atoms with Gasteiger partial charge in [0.2, 0.25) is 0 Å². The third kappa shape index (κ3) is 8.35. The number of carbonyl (C=O) groups excluding carboxylic acids is 1. The normalized spacial score (nSPS) is 10.5. The molecule has 0 radical (unpaired) electrons. The SMILES string of the molecule is CC(C)COc1ccc(C(=O)NC(=S)Nc2cccc(OCCOc3ccccc3)c2)cc1Br. The average Bonchev–Trinajstić information content (AvgIpc) is 2.81. The summed E-state index contributed by atoms with van der Waals surface area (Å²) in [7, 11) is 0. The maximum Gasteiger partial charge on any atom is 0.257 e. The lowest BCUT2D eigenvalue weighted by atomic mass is 10.2. The molecule has 3 rings (SSSR count). The highest BCUT2D eigenvalue weighted by molar-refractivity contribution is 9.10. The van der Waals surface area contributed by atoms with Gasteiger partial charge in [0.1, 0.15) is 30.5 Å². The Labute approximate surface area is 213 Å². The van der Waals surface area contributed by atoms with Crippen LogP contribution in [0.15, 0.2) is 77.3 Å². The van der Waals surface area contributed by atoms with Gasteiger partial charge in [0, 0.05) is 17.3 Å². The van der Waals surface area contributed by atoms with Gasteiger partial charge in [-0.15, -0.1) is 0 Å². The van der Waals surface area contributed by atoms with E-state index in [0.717, 1.165) is 5.75 Å². The maximum absolute atomic E-state index is 12.6. The van der Waals surface area contributed by atoms with E-state index in [0.29, 0.717) is 53.0 Å². The molecule has 178 valence electrons. The second-order valence-electron chi connectivity index (χ2n) is 7.80. The van der Waals surface area contributed by atoms with Crippen LogP contribution in [-0.2, 0) is 0 Å². The largest absolute Gasteiger partial charge is 0.492 e. The summed E-state index contributed by atoms with van der Waals surface area (Å²) in [4.78, 5) is 12.6. The van der Waals surface area contributed by atoms with Crippen LogP contribution < -0.4 is 24.8 Å². The summed E-state index contributed by atoms with van der Waals surface area (Å²) in [5.41, 5.74) is 1.16. The molecule has 0 spiro atoms. The van der Waals surface area contributed by atoms with E-state index in [1.54, 1.807) is 24.3 Å². The summed E-state index contributed by atoms with van der Waals surface area (Å²) in [6.45, 7) is 5.57. The minimum Gasteiger partial charge on any atom is -0.492 e. The van der Waals surface area contributed by atoms with Crippen molar-refractivity contribution in [3.05, 3.63) is 82.8 Å². The first-order valence-corrected chi connectivity index (χ1v) is 12.1. The molecule has 6 nitrogen and oxygen atoms in total.